The Bertz CT molecular complexity index is 839. The van der Waals surface area contributed by atoms with Crippen molar-refractivity contribution < 1.29 is 9.21 Å². The summed E-state index contributed by atoms with van der Waals surface area (Å²) in [7, 11) is 0. The van der Waals surface area contributed by atoms with Gasteiger partial charge in [-0.05, 0) is 49.9 Å². The molecule has 0 bridgehead atoms. The van der Waals surface area contributed by atoms with Crippen LogP contribution in [-0.2, 0) is 0 Å². The zero-order valence-corrected chi connectivity index (χ0v) is 16.5. The number of thiazole rings is 1. The number of furan rings is 1. The number of hydrogen-bond acceptors (Lipinski definition) is 5. The minimum absolute atomic E-state index is 0. The van der Waals surface area contributed by atoms with Gasteiger partial charge in [-0.1, -0.05) is 12.1 Å². The maximum Gasteiger partial charge on any atom is 0.287 e. The lowest BCUT2D eigenvalue weighted by molar-refractivity contribution is 0.0898. The molecule has 3 N–H and O–H groups in total. The Hall–Kier alpha value is -1.60. The zero-order valence-electron chi connectivity index (χ0n) is 14.0. The highest BCUT2D eigenvalue weighted by Gasteiger charge is 2.22. The number of carbonyl (C=O) groups excluding carboxylic acids is 1. The van der Waals surface area contributed by atoms with Gasteiger partial charge in [0, 0.05) is 12.1 Å². The van der Waals surface area contributed by atoms with Crippen molar-refractivity contribution in [3.05, 3.63) is 42.2 Å². The highest BCUT2D eigenvalue weighted by Crippen LogP contribution is 2.31. The fourth-order valence-corrected chi connectivity index (χ4v) is 4.00. The molecule has 0 spiro atoms. The van der Waals surface area contributed by atoms with E-state index in [1.54, 1.807) is 17.4 Å². The molecule has 1 aliphatic carbocycles. The van der Waals surface area contributed by atoms with Crippen LogP contribution in [0, 0.1) is 0 Å². The van der Waals surface area contributed by atoms with Crippen LogP contribution in [0.4, 0.5) is 0 Å². The first kappa shape index (κ1) is 20.7. The van der Waals surface area contributed by atoms with Gasteiger partial charge in [-0.15, -0.1) is 36.2 Å². The smallest absolute Gasteiger partial charge is 0.287 e. The van der Waals surface area contributed by atoms with Crippen molar-refractivity contribution in [3.8, 4) is 10.8 Å². The van der Waals surface area contributed by atoms with Gasteiger partial charge in [-0.3, -0.25) is 4.79 Å². The molecule has 1 saturated carbocycles. The number of fused-ring (bicyclic) bond motifs is 1. The molecule has 1 aliphatic rings. The van der Waals surface area contributed by atoms with Crippen LogP contribution in [0.2, 0.25) is 0 Å². The highest BCUT2D eigenvalue weighted by atomic mass is 35.5. The molecule has 0 aliphatic heterocycles. The summed E-state index contributed by atoms with van der Waals surface area (Å²) in [6.45, 7) is 0. The largest absolute Gasteiger partial charge is 0.448 e. The van der Waals surface area contributed by atoms with Crippen molar-refractivity contribution >= 4 is 52.3 Å². The number of para-hydroxylation sites is 1. The van der Waals surface area contributed by atoms with Gasteiger partial charge in [0.05, 0.1) is 10.2 Å². The van der Waals surface area contributed by atoms with E-state index in [2.05, 4.69) is 10.3 Å². The lowest BCUT2D eigenvalue weighted by Gasteiger charge is -2.26. The van der Waals surface area contributed by atoms with E-state index in [0.717, 1.165) is 40.9 Å². The standard InChI is InChI=1S/C18H19N3O2S.2ClH/c19-11-5-7-12(8-6-11)20-17(22)14-9-10-15(23-14)18-21-13-3-1-2-4-16(13)24-18;;/h1-4,9-12H,5-8,19H2,(H,20,22);2*1H. The molecule has 3 aromatic rings. The maximum absolute atomic E-state index is 12.4. The molecule has 0 radical (unpaired) electrons. The van der Waals surface area contributed by atoms with Gasteiger partial charge in [-0.2, -0.15) is 0 Å². The molecule has 4 rings (SSSR count). The lowest BCUT2D eigenvalue weighted by atomic mass is 9.92. The van der Waals surface area contributed by atoms with Crippen LogP contribution in [-0.4, -0.2) is 23.0 Å². The minimum atomic E-state index is -0.164. The Morgan fingerprint density at radius 2 is 1.85 bits per heavy atom. The third-order valence-corrected chi connectivity index (χ3v) is 5.49. The van der Waals surface area contributed by atoms with Crippen LogP contribution in [0.5, 0.6) is 0 Å². The summed E-state index contributed by atoms with van der Waals surface area (Å²) in [5.41, 5.74) is 6.84. The number of nitrogens with two attached hydrogens (primary N) is 1. The number of nitrogens with zero attached hydrogens (tertiary/aromatic N) is 1. The fraction of sp³-hybridized carbons (Fsp3) is 0.333. The number of carbonyl (C=O) groups is 1. The van der Waals surface area contributed by atoms with E-state index in [9.17, 15) is 4.79 Å². The van der Waals surface area contributed by atoms with Crippen molar-refractivity contribution in [2.24, 2.45) is 5.73 Å². The molecule has 0 saturated heterocycles. The average Bonchev–Trinajstić information content (AvgIpc) is 3.23. The van der Waals surface area contributed by atoms with Crippen LogP contribution in [0.3, 0.4) is 0 Å². The second-order valence-electron chi connectivity index (χ2n) is 6.24. The van der Waals surface area contributed by atoms with Crippen LogP contribution in [0.1, 0.15) is 36.2 Å². The summed E-state index contributed by atoms with van der Waals surface area (Å²) in [5.74, 6) is 0.800. The average molecular weight is 414 g/mol. The number of aromatic nitrogens is 1. The van der Waals surface area contributed by atoms with Crippen molar-refractivity contribution in [1.29, 1.82) is 0 Å². The van der Waals surface area contributed by atoms with E-state index in [4.69, 9.17) is 10.2 Å². The van der Waals surface area contributed by atoms with Gasteiger partial charge in [0.25, 0.3) is 5.91 Å². The number of amides is 1. The van der Waals surface area contributed by atoms with E-state index < -0.39 is 0 Å². The number of benzene rings is 1. The second-order valence-corrected chi connectivity index (χ2v) is 7.27. The first-order valence-corrected chi connectivity index (χ1v) is 9.03. The number of hydrogen-bond donors (Lipinski definition) is 2. The maximum atomic E-state index is 12.4. The van der Waals surface area contributed by atoms with Crippen LogP contribution < -0.4 is 11.1 Å². The SMILES string of the molecule is Cl.Cl.NC1CCC(NC(=O)c2ccc(-c3nc4ccccc4s3)o2)CC1. The number of rotatable bonds is 3. The Kier molecular flexibility index (Phi) is 7.06. The highest BCUT2D eigenvalue weighted by molar-refractivity contribution is 7.21. The normalized spacial score (nSPS) is 19.4. The first-order chi connectivity index (χ1) is 11.7. The molecule has 26 heavy (non-hydrogen) atoms. The molecule has 1 fully saturated rings. The molecular weight excluding hydrogens is 393 g/mol. The van der Waals surface area contributed by atoms with Crippen LogP contribution in [0.15, 0.2) is 40.8 Å². The first-order valence-electron chi connectivity index (χ1n) is 8.21. The molecular formula is C18H21Cl2N3O2S. The van der Waals surface area contributed by atoms with Gasteiger partial charge in [-0.25, -0.2) is 4.98 Å². The summed E-state index contributed by atoms with van der Waals surface area (Å²) < 4.78 is 6.84. The zero-order chi connectivity index (χ0) is 16.5. The second kappa shape index (κ2) is 8.86. The minimum Gasteiger partial charge on any atom is -0.448 e. The van der Waals surface area contributed by atoms with Crippen LogP contribution in [0.25, 0.3) is 21.0 Å². The van der Waals surface area contributed by atoms with Crippen molar-refractivity contribution in [3.63, 3.8) is 0 Å². The molecule has 1 amide bonds. The molecule has 0 unspecified atom stereocenters. The Morgan fingerprint density at radius 3 is 2.58 bits per heavy atom. The molecule has 0 atom stereocenters. The van der Waals surface area contributed by atoms with Gasteiger partial charge >= 0.3 is 0 Å². The Morgan fingerprint density at radius 1 is 1.12 bits per heavy atom. The van der Waals surface area contributed by atoms with Gasteiger partial charge in [0.15, 0.2) is 16.5 Å². The van der Waals surface area contributed by atoms with E-state index >= 15 is 0 Å². The summed E-state index contributed by atoms with van der Waals surface area (Å²) in [6.07, 6.45) is 3.77. The number of nitrogens with one attached hydrogen (secondary N) is 1. The third kappa shape index (κ3) is 4.38. The summed E-state index contributed by atoms with van der Waals surface area (Å²) >= 11 is 1.56. The van der Waals surface area contributed by atoms with Gasteiger partial charge in [0.1, 0.15) is 0 Å². The molecule has 1 aromatic carbocycles. The third-order valence-electron chi connectivity index (χ3n) is 4.44. The van der Waals surface area contributed by atoms with E-state index in [1.807, 2.05) is 30.3 Å². The summed E-state index contributed by atoms with van der Waals surface area (Å²) in [4.78, 5) is 16.9. The summed E-state index contributed by atoms with van der Waals surface area (Å²) in [5, 5.41) is 3.83. The van der Waals surface area contributed by atoms with E-state index in [0.29, 0.717) is 11.5 Å². The van der Waals surface area contributed by atoms with E-state index in [-0.39, 0.29) is 42.8 Å². The Balaban J connectivity index is 0.00000121. The predicted octanol–water partition coefficient (Wildman–Crippen LogP) is 4.40. The molecule has 8 heteroatoms. The van der Waals surface area contributed by atoms with Gasteiger partial charge < -0.3 is 15.5 Å². The van der Waals surface area contributed by atoms with Crippen molar-refractivity contribution in [2.75, 3.05) is 0 Å². The topological polar surface area (TPSA) is 81.1 Å². The predicted molar refractivity (Wildman–Crippen MR) is 110 cm³/mol. The van der Waals surface area contributed by atoms with Crippen molar-refractivity contribution in [1.82, 2.24) is 10.3 Å². The monoisotopic (exact) mass is 413 g/mol. The Labute approximate surface area is 168 Å². The van der Waals surface area contributed by atoms with Crippen LogP contribution >= 0.6 is 36.2 Å². The lowest BCUT2D eigenvalue weighted by Crippen LogP contribution is -2.40. The molecule has 2 aromatic heterocycles. The molecule has 5 nitrogen and oxygen atoms in total. The number of halogens is 2. The fourth-order valence-electron chi connectivity index (χ4n) is 3.07. The van der Waals surface area contributed by atoms with E-state index in [1.165, 1.54) is 0 Å². The van der Waals surface area contributed by atoms with Gasteiger partial charge in [0.2, 0.25) is 0 Å². The molecule has 140 valence electrons. The van der Waals surface area contributed by atoms with Crippen molar-refractivity contribution in [2.45, 2.75) is 37.8 Å². The quantitative estimate of drug-likeness (QED) is 0.666. The molecule has 2 heterocycles. The summed E-state index contributed by atoms with van der Waals surface area (Å²) in [6, 6.07) is 11.9.